The summed E-state index contributed by atoms with van der Waals surface area (Å²) in [5.41, 5.74) is 5.43. The highest BCUT2D eigenvalue weighted by Gasteiger charge is 2.46. The van der Waals surface area contributed by atoms with Crippen LogP contribution in [0.4, 0.5) is 0 Å². The van der Waals surface area contributed by atoms with E-state index in [-0.39, 0.29) is 76.7 Å². The molecule has 0 amide bonds. The lowest BCUT2D eigenvalue weighted by molar-refractivity contribution is -0.184. The van der Waals surface area contributed by atoms with Crippen LogP contribution in [0.25, 0.3) is 0 Å². The number of ether oxygens (including phenoxy) is 17. The molecule has 0 bridgehead atoms. The van der Waals surface area contributed by atoms with E-state index >= 15 is 0 Å². The average Bonchev–Trinajstić information content (AvgIpc) is 1.53. The van der Waals surface area contributed by atoms with Crippen molar-refractivity contribution in [3.05, 3.63) is 275 Å². The molecule has 10 aromatic carbocycles. The maximum atomic E-state index is 12.3. The number of hydrogen-bond acceptors (Lipinski definition) is 28. The highest BCUT2D eigenvalue weighted by molar-refractivity contribution is 8.17. The molecule has 12 rings (SSSR count). The van der Waals surface area contributed by atoms with Gasteiger partial charge in [-0.15, -0.1) is 58.8 Å². The number of esters is 4. The minimum absolute atomic E-state index is 0.166. The molecular formula is C110H136O21S7. The summed E-state index contributed by atoms with van der Waals surface area (Å²) in [6.07, 6.45) is 11.2. The van der Waals surface area contributed by atoms with E-state index in [0.29, 0.717) is 72.1 Å². The van der Waals surface area contributed by atoms with Crippen molar-refractivity contribution in [2.45, 2.75) is 159 Å². The second kappa shape index (κ2) is 54.1. The molecule has 2 fully saturated rings. The topological polar surface area (TPSA) is 225 Å². The molecule has 21 nitrogen and oxygen atoms in total. The maximum Gasteiger partial charge on any atom is 0.311 e. The number of rotatable bonds is 46. The van der Waals surface area contributed by atoms with Crippen LogP contribution in [0, 0.1) is 21.7 Å². The van der Waals surface area contributed by atoms with Gasteiger partial charge in [0.05, 0.1) is 81.0 Å². The molecule has 0 aromatic heterocycles. The Labute approximate surface area is 847 Å². The first-order valence-electron chi connectivity index (χ1n) is 46.0. The monoisotopic (exact) mass is 2020 g/mol. The van der Waals surface area contributed by atoms with Crippen LogP contribution in [0.3, 0.4) is 0 Å². The third-order valence-electron chi connectivity index (χ3n) is 24.1. The standard InChI is InChI=1S/C30H36O6S.C30H36O4S3.C25H32O6S.C25H32O5S2/c1-7-29(2,3)28(31)36-20-19-35-23-15-18-26(27(21-23)32-4)30(33-5,34-6)22-13-16-25(17-14-22)37-24-11-9-8-10-12-24;1-7-29(2,3)28(31)34-20-19-33-27-21-23(32-4)15-18-26(27)30(35-5,36-6)22-13-16-25(17-14-22)37-24-11-9-8-10-12-24;1-6-24(2,3)23(26)29-14-13-28-19-9-12-21(22(17-19)27-4)25(30-15-16-31-25)18-7-10-20(32-5)11-8-18;1-6-24(2,3)23(26)29-14-13-28-22-17-19(27-4)9-12-21(22)25(30-15-16-32-25)18-7-10-20(31-5)11-8-18/h2*8-18,21H,7,19-20H2,1-6H3;2*7-12,17H,6,13-16H2,1-5H3. The van der Waals surface area contributed by atoms with E-state index in [0.717, 1.165) is 69.0 Å². The first-order valence-corrected chi connectivity index (χ1v) is 53.5. The van der Waals surface area contributed by atoms with Gasteiger partial charge in [-0.05, 0) is 239 Å². The van der Waals surface area contributed by atoms with Gasteiger partial charge in [-0.1, -0.05) is 136 Å². The molecular weight excluding hydrogens is 1880 g/mol. The first-order chi connectivity index (χ1) is 66.3. The zero-order valence-electron chi connectivity index (χ0n) is 83.7. The van der Waals surface area contributed by atoms with Gasteiger partial charge in [0.25, 0.3) is 0 Å². The number of hydrogen-bond donors (Lipinski definition) is 0. The summed E-state index contributed by atoms with van der Waals surface area (Å²) in [4.78, 5) is 55.2. The molecule has 0 aliphatic carbocycles. The van der Waals surface area contributed by atoms with E-state index in [1.165, 1.54) is 30.0 Å². The Hall–Kier alpha value is -9.27. The normalized spacial score (nSPS) is 14.1. The number of carbonyl (C=O) groups is 4. The number of thioether (sulfide) groups is 5. The van der Waals surface area contributed by atoms with E-state index in [4.69, 9.17) is 80.5 Å². The Morgan fingerprint density at radius 3 is 1.11 bits per heavy atom. The molecule has 10 aromatic rings. The smallest absolute Gasteiger partial charge is 0.311 e. The van der Waals surface area contributed by atoms with Gasteiger partial charge in [-0.3, -0.25) is 19.2 Å². The van der Waals surface area contributed by atoms with Crippen molar-refractivity contribution in [1.29, 1.82) is 0 Å². The Morgan fingerprint density at radius 1 is 0.341 bits per heavy atom. The van der Waals surface area contributed by atoms with Gasteiger partial charge in [0.1, 0.15) is 103 Å². The summed E-state index contributed by atoms with van der Waals surface area (Å²) in [6, 6.07) is 76.8. The van der Waals surface area contributed by atoms with Crippen LogP contribution in [0.5, 0.6) is 46.0 Å². The molecule has 28 heteroatoms. The molecule has 2 heterocycles. The molecule has 2 aliphatic rings. The Balaban J connectivity index is 0.000000206. The lowest BCUT2D eigenvalue weighted by Gasteiger charge is -2.33. The van der Waals surface area contributed by atoms with Gasteiger partial charge in [0.2, 0.25) is 11.6 Å². The van der Waals surface area contributed by atoms with Crippen molar-refractivity contribution < 1.29 is 99.7 Å². The predicted octanol–water partition coefficient (Wildman–Crippen LogP) is 25.6. The molecule has 138 heavy (non-hydrogen) atoms. The highest BCUT2D eigenvalue weighted by Crippen LogP contribution is 2.55. The van der Waals surface area contributed by atoms with E-state index < -0.39 is 42.2 Å². The van der Waals surface area contributed by atoms with Gasteiger partial charge in [0.15, 0.2) is 4.93 Å². The highest BCUT2D eigenvalue weighted by atomic mass is 32.2. The second-order valence-electron chi connectivity index (χ2n) is 34.3. The second-order valence-corrected chi connectivity index (χ2v) is 42.0. The van der Waals surface area contributed by atoms with Crippen molar-refractivity contribution in [1.82, 2.24) is 0 Å². The average molecular weight is 2020 g/mol. The third-order valence-corrected chi connectivity index (χ3v) is 32.0. The van der Waals surface area contributed by atoms with Gasteiger partial charge >= 0.3 is 23.9 Å². The van der Waals surface area contributed by atoms with E-state index in [2.05, 4.69) is 122 Å². The molecule has 0 N–H and O–H groups in total. The minimum Gasteiger partial charge on any atom is -0.497 e. The molecule has 744 valence electrons. The summed E-state index contributed by atoms with van der Waals surface area (Å²) in [5, 5.41) is 0. The van der Waals surface area contributed by atoms with Crippen LogP contribution in [0.2, 0.25) is 0 Å². The van der Waals surface area contributed by atoms with E-state index in [1.54, 1.807) is 137 Å². The van der Waals surface area contributed by atoms with Crippen LogP contribution in [-0.4, -0.2) is 170 Å². The van der Waals surface area contributed by atoms with Crippen molar-refractivity contribution >= 4 is 106 Å². The summed E-state index contributed by atoms with van der Waals surface area (Å²) in [5.74, 6) is 2.95. The van der Waals surface area contributed by atoms with Gasteiger partial charge < -0.3 is 80.5 Å². The van der Waals surface area contributed by atoms with Crippen LogP contribution < -0.4 is 37.9 Å². The molecule has 0 spiro atoms. The summed E-state index contributed by atoms with van der Waals surface area (Å²) in [6.45, 7) is 26.3. The quantitative estimate of drug-likeness (QED) is 0.0114. The molecule has 2 saturated heterocycles. The molecule has 1 atom stereocenters. The van der Waals surface area contributed by atoms with Crippen molar-refractivity contribution in [3.63, 3.8) is 0 Å². The largest absolute Gasteiger partial charge is 0.497 e. The lowest BCUT2D eigenvalue weighted by Crippen LogP contribution is -2.32. The third kappa shape index (κ3) is 29.5. The number of benzene rings is 10. The Morgan fingerprint density at radius 2 is 0.703 bits per heavy atom. The van der Waals surface area contributed by atoms with E-state index in [1.807, 2.05) is 205 Å². The molecule has 1 unspecified atom stereocenters. The van der Waals surface area contributed by atoms with Crippen molar-refractivity contribution in [3.8, 4) is 46.0 Å². The van der Waals surface area contributed by atoms with Gasteiger partial charge in [-0.25, -0.2) is 0 Å². The predicted molar refractivity (Wildman–Crippen MR) is 559 cm³/mol. The fraction of sp³-hybridized carbons (Fsp3) is 0.418. The summed E-state index contributed by atoms with van der Waals surface area (Å²) >= 11 is 12.1. The summed E-state index contributed by atoms with van der Waals surface area (Å²) < 4.78 is 98.0. The van der Waals surface area contributed by atoms with Crippen LogP contribution >= 0.6 is 82.3 Å². The zero-order valence-corrected chi connectivity index (χ0v) is 89.4. The zero-order chi connectivity index (χ0) is 100. The fourth-order valence-electron chi connectivity index (χ4n) is 14.2. The Kier molecular flexibility index (Phi) is 44.0. The molecule has 2 aliphatic heterocycles. The Bertz CT molecular complexity index is 5430. The van der Waals surface area contributed by atoms with Crippen LogP contribution in [0.1, 0.15) is 153 Å². The SMILES string of the molecule is CCC(C)(C)C(=O)OCCOc1cc(OC)ccc1C(SC)(SC)c1ccc(Sc2ccccc2)cc1.CCC(C)(C)C(=O)OCCOc1cc(OC)ccc1C1(c2ccc(SC)cc2)OCCS1.CCC(C)(C)C(=O)OCCOc1ccc(C(OC)(OC)c2ccc(Sc3ccccc3)cc2)c(OC)c1.CCC(C)(C)C(=O)OCCOc1ccc(C2(c3ccc(SC)cc3)OCCO2)c(OC)c1. The van der Waals surface area contributed by atoms with Crippen LogP contribution in [0.15, 0.2) is 260 Å². The maximum absolute atomic E-state index is 12.3. The lowest BCUT2D eigenvalue weighted by atomic mass is 9.91. The minimum atomic E-state index is -1.18. The van der Waals surface area contributed by atoms with Crippen LogP contribution in [-0.2, 0) is 82.4 Å². The molecule has 0 radical (unpaired) electrons. The number of carbonyl (C=O) groups excluding carboxylic acids is 4. The molecule has 0 saturated carbocycles. The van der Waals surface area contributed by atoms with Crippen molar-refractivity contribution in [2.24, 2.45) is 21.7 Å². The summed E-state index contributed by atoms with van der Waals surface area (Å²) in [7, 11) is 9.68. The van der Waals surface area contributed by atoms with Crippen molar-refractivity contribution in [2.75, 3.05) is 146 Å². The number of methoxy groups -OCH3 is 6. The van der Waals surface area contributed by atoms with E-state index in [9.17, 15) is 19.2 Å². The van der Waals surface area contributed by atoms with Gasteiger partial charge in [0, 0.05) is 95.9 Å². The fourth-order valence-corrected chi connectivity index (χ4v) is 20.1. The van der Waals surface area contributed by atoms with Gasteiger partial charge in [-0.2, -0.15) is 0 Å². The first kappa shape index (κ1) is 112.